The van der Waals surface area contributed by atoms with Crippen LogP contribution in [0.4, 0.5) is 5.69 Å². The fraction of sp³-hybridized carbons (Fsp3) is 0. The van der Waals surface area contributed by atoms with Gasteiger partial charge in [-0.25, -0.2) is 4.79 Å². The maximum absolute atomic E-state index is 11.9. The molecule has 4 nitrogen and oxygen atoms in total. The minimum atomic E-state index is -1.11. The Morgan fingerprint density at radius 1 is 1.00 bits per heavy atom. The van der Waals surface area contributed by atoms with Crippen LogP contribution in [0.1, 0.15) is 15.9 Å². The Labute approximate surface area is 147 Å². The molecule has 0 fully saturated rings. The van der Waals surface area contributed by atoms with Gasteiger partial charge in [-0.15, -0.1) is 0 Å². The van der Waals surface area contributed by atoms with Gasteiger partial charge in [0.25, 0.3) is 0 Å². The number of anilines is 1. The van der Waals surface area contributed by atoms with Crippen LogP contribution in [0.2, 0.25) is 15.1 Å². The number of carboxylic acids is 1. The number of halogens is 3. The lowest BCUT2D eigenvalue weighted by atomic mass is 10.2. The third kappa shape index (κ3) is 4.73. The molecule has 0 radical (unpaired) electrons. The van der Waals surface area contributed by atoms with Crippen molar-refractivity contribution in [2.24, 2.45) is 0 Å². The van der Waals surface area contributed by atoms with Crippen LogP contribution in [0.3, 0.4) is 0 Å². The molecule has 0 aliphatic carbocycles. The Morgan fingerprint density at radius 3 is 2.39 bits per heavy atom. The largest absolute Gasteiger partial charge is 0.478 e. The molecule has 0 saturated carbocycles. The number of rotatable bonds is 4. The first-order valence-corrected chi connectivity index (χ1v) is 7.47. The summed E-state index contributed by atoms with van der Waals surface area (Å²) in [6.45, 7) is 0. The Morgan fingerprint density at radius 2 is 1.74 bits per heavy atom. The van der Waals surface area contributed by atoms with E-state index in [-0.39, 0.29) is 16.3 Å². The van der Waals surface area contributed by atoms with Crippen molar-refractivity contribution in [3.8, 4) is 0 Å². The first-order chi connectivity index (χ1) is 10.9. The van der Waals surface area contributed by atoms with Crippen LogP contribution in [0.25, 0.3) is 6.08 Å². The molecule has 0 atom stereocenters. The summed E-state index contributed by atoms with van der Waals surface area (Å²) in [6.07, 6.45) is 2.78. The second-order valence-corrected chi connectivity index (χ2v) is 5.74. The topological polar surface area (TPSA) is 66.4 Å². The number of hydrogen-bond donors (Lipinski definition) is 2. The van der Waals surface area contributed by atoms with Crippen LogP contribution < -0.4 is 5.32 Å². The molecule has 0 aliphatic heterocycles. The summed E-state index contributed by atoms with van der Waals surface area (Å²) in [7, 11) is 0. The molecule has 2 N–H and O–H groups in total. The van der Waals surface area contributed by atoms with Gasteiger partial charge in [0, 0.05) is 16.1 Å². The van der Waals surface area contributed by atoms with Crippen molar-refractivity contribution in [2.75, 3.05) is 5.32 Å². The number of nitrogens with one attached hydrogen (secondary N) is 1. The number of hydrogen-bond acceptors (Lipinski definition) is 2. The van der Waals surface area contributed by atoms with Gasteiger partial charge in [-0.1, -0.05) is 40.9 Å². The molecule has 2 aromatic rings. The molecule has 0 unspecified atom stereocenters. The summed E-state index contributed by atoms with van der Waals surface area (Å²) in [5.41, 5.74) is 0.856. The first kappa shape index (κ1) is 17.3. The van der Waals surface area contributed by atoms with E-state index in [0.717, 1.165) is 0 Å². The number of aromatic carboxylic acids is 1. The van der Waals surface area contributed by atoms with E-state index < -0.39 is 11.9 Å². The summed E-state index contributed by atoms with van der Waals surface area (Å²) in [6, 6.07) is 8.92. The number of amides is 1. The van der Waals surface area contributed by atoms with Crippen molar-refractivity contribution < 1.29 is 14.7 Å². The van der Waals surface area contributed by atoms with Crippen molar-refractivity contribution in [1.29, 1.82) is 0 Å². The molecule has 0 heterocycles. The van der Waals surface area contributed by atoms with Crippen LogP contribution in [-0.4, -0.2) is 17.0 Å². The van der Waals surface area contributed by atoms with E-state index in [1.807, 2.05) is 0 Å². The first-order valence-electron chi connectivity index (χ1n) is 6.34. The maximum atomic E-state index is 11.9. The van der Waals surface area contributed by atoms with Gasteiger partial charge in [-0.05, 0) is 42.0 Å². The van der Waals surface area contributed by atoms with E-state index in [0.29, 0.717) is 15.6 Å². The van der Waals surface area contributed by atoms with E-state index >= 15 is 0 Å². The lowest BCUT2D eigenvalue weighted by molar-refractivity contribution is -0.111. The standard InChI is InChI=1S/C16H10Cl3NO3/c17-11-4-1-9(13(19)8-11)3-6-15(21)20-14-7-10(16(22)23)2-5-12(14)18/h1-8H,(H,20,21)(H,22,23). The SMILES string of the molecule is O=C(C=Cc1ccc(Cl)cc1Cl)Nc1cc(C(=O)O)ccc1Cl. The minimum Gasteiger partial charge on any atom is -0.478 e. The van der Waals surface area contributed by atoms with Gasteiger partial charge in [-0.3, -0.25) is 4.79 Å². The molecule has 7 heteroatoms. The van der Waals surface area contributed by atoms with Crippen molar-refractivity contribution in [3.05, 3.63) is 68.7 Å². The fourth-order valence-corrected chi connectivity index (χ4v) is 2.37. The third-order valence-electron chi connectivity index (χ3n) is 2.85. The molecule has 0 bridgehead atoms. The van der Waals surface area contributed by atoms with E-state index in [2.05, 4.69) is 5.32 Å². The fourth-order valence-electron chi connectivity index (χ4n) is 1.73. The van der Waals surface area contributed by atoms with E-state index in [9.17, 15) is 9.59 Å². The number of carbonyl (C=O) groups is 2. The molecule has 1 amide bonds. The number of benzene rings is 2. The molecule has 2 rings (SSSR count). The molecule has 118 valence electrons. The Balaban J connectivity index is 2.14. The van der Waals surface area contributed by atoms with Crippen molar-refractivity contribution in [1.82, 2.24) is 0 Å². The highest BCUT2D eigenvalue weighted by molar-refractivity contribution is 6.35. The average Bonchev–Trinajstić information content (AvgIpc) is 2.48. The highest BCUT2D eigenvalue weighted by Crippen LogP contribution is 2.24. The predicted octanol–water partition coefficient (Wildman–Crippen LogP) is 5.00. The molecule has 0 saturated heterocycles. The molecule has 0 spiro atoms. The summed E-state index contributed by atoms with van der Waals surface area (Å²) in [5.74, 6) is -1.58. The van der Waals surface area contributed by atoms with Gasteiger partial charge >= 0.3 is 5.97 Å². The van der Waals surface area contributed by atoms with E-state index in [1.54, 1.807) is 18.2 Å². The quantitative estimate of drug-likeness (QED) is 0.745. The molecule has 23 heavy (non-hydrogen) atoms. The Bertz CT molecular complexity index is 803. The Kier molecular flexibility index (Phi) is 5.66. The van der Waals surface area contributed by atoms with Crippen LogP contribution in [0.5, 0.6) is 0 Å². The zero-order chi connectivity index (χ0) is 17.0. The lowest BCUT2D eigenvalue weighted by Crippen LogP contribution is -2.09. The van der Waals surface area contributed by atoms with Gasteiger partial charge in [0.2, 0.25) is 5.91 Å². The summed E-state index contributed by atoms with van der Waals surface area (Å²) < 4.78 is 0. The second kappa shape index (κ2) is 7.51. The maximum Gasteiger partial charge on any atom is 0.335 e. The van der Waals surface area contributed by atoms with Crippen LogP contribution in [0, 0.1) is 0 Å². The van der Waals surface area contributed by atoms with Gasteiger partial charge in [0.1, 0.15) is 0 Å². The molecule has 0 aliphatic rings. The molecular weight excluding hydrogens is 361 g/mol. The highest BCUT2D eigenvalue weighted by Gasteiger charge is 2.09. The van der Waals surface area contributed by atoms with E-state index in [4.69, 9.17) is 39.9 Å². The number of carbonyl (C=O) groups excluding carboxylic acids is 1. The Hall–Kier alpha value is -2.01. The third-order valence-corrected chi connectivity index (χ3v) is 3.74. The predicted molar refractivity (Wildman–Crippen MR) is 92.5 cm³/mol. The van der Waals surface area contributed by atoms with E-state index in [1.165, 1.54) is 30.4 Å². The van der Waals surface area contributed by atoms with Gasteiger partial charge < -0.3 is 10.4 Å². The summed E-state index contributed by atoms with van der Waals surface area (Å²) in [5, 5.41) is 12.6. The van der Waals surface area contributed by atoms with Gasteiger partial charge in [0.05, 0.1) is 16.3 Å². The zero-order valence-corrected chi connectivity index (χ0v) is 13.8. The van der Waals surface area contributed by atoms with Gasteiger partial charge in [0.15, 0.2) is 0 Å². The normalized spacial score (nSPS) is 10.7. The summed E-state index contributed by atoms with van der Waals surface area (Å²) >= 11 is 17.7. The highest BCUT2D eigenvalue weighted by atomic mass is 35.5. The van der Waals surface area contributed by atoms with Crippen LogP contribution in [-0.2, 0) is 4.79 Å². The van der Waals surface area contributed by atoms with Crippen molar-refractivity contribution in [3.63, 3.8) is 0 Å². The molecule has 0 aromatic heterocycles. The smallest absolute Gasteiger partial charge is 0.335 e. The monoisotopic (exact) mass is 369 g/mol. The molecular formula is C16H10Cl3NO3. The van der Waals surface area contributed by atoms with Gasteiger partial charge in [-0.2, -0.15) is 0 Å². The average molecular weight is 371 g/mol. The lowest BCUT2D eigenvalue weighted by Gasteiger charge is -2.06. The minimum absolute atomic E-state index is 0.0226. The van der Waals surface area contributed by atoms with Crippen LogP contribution >= 0.6 is 34.8 Å². The van der Waals surface area contributed by atoms with Crippen molar-refractivity contribution in [2.45, 2.75) is 0 Å². The summed E-state index contributed by atoms with van der Waals surface area (Å²) in [4.78, 5) is 22.9. The second-order valence-electron chi connectivity index (χ2n) is 4.49. The number of carboxylic acid groups (broad SMARTS) is 1. The zero-order valence-electron chi connectivity index (χ0n) is 11.5. The molecule has 2 aromatic carbocycles. The van der Waals surface area contributed by atoms with Crippen molar-refractivity contribution >= 4 is 58.4 Å². The van der Waals surface area contributed by atoms with Crippen LogP contribution in [0.15, 0.2) is 42.5 Å².